The van der Waals surface area contributed by atoms with Gasteiger partial charge in [0.2, 0.25) is 0 Å². The molecule has 0 saturated carbocycles. The molecule has 1 rings (SSSR count). The summed E-state index contributed by atoms with van der Waals surface area (Å²) in [7, 11) is 0. The molecular formula is C10H14O3. The van der Waals surface area contributed by atoms with Crippen LogP contribution in [-0.4, -0.2) is 19.2 Å². The number of esters is 1. The predicted molar refractivity (Wildman–Crippen MR) is 49.0 cm³/mol. The zero-order valence-electron chi connectivity index (χ0n) is 7.62. The Morgan fingerprint density at radius 1 is 1.62 bits per heavy atom. The van der Waals surface area contributed by atoms with Gasteiger partial charge in [0.15, 0.2) is 0 Å². The van der Waals surface area contributed by atoms with Crippen molar-refractivity contribution in [2.75, 3.05) is 13.2 Å². The van der Waals surface area contributed by atoms with Crippen molar-refractivity contribution in [1.82, 2.24) is 0 Å². The first-order valence-electron chi connectivity index (χ1n) is 4.44. The maximum Gasteiger partial charge on any atom is 0.330 e. The molecule has 0 aromatic rings. The van der Waals surface area contributed by atoms with E-state index in [-0.39, 0.29) is 0 Å². The van der Waals surface area contributed by atoms with Crippen molar-refractivity contribution in [3.05, 3.63) is 24.5 Å². The summed E-state index contributed by atoms with van der Waals surface area (Å²) in [4.78, 5) is 10.6. The lowest BCUT2D eigenvalue weighted by molar-refractivity contribution is -0.138. The molecule has 0 atom stereocenters. The molecule has 0 radical (unpaired) electrons. The quantitative estimate of drug-likeness (QED) is 0.369. The van der Waals surface area contributed by atoms with Gasteiger partial charge in [-0.25, -0.2) is 4.79 Å². The SMILES string of the molecule is C=CC(=O)OCCOC1=CCCC1. The fourth-order valence-corrected chi connectivity index (χ4v) is 1.15. The lowest BCUT2D eigenvalue weighted by Gasteiger charge is -2.06. The van der Waals surface area contributed by atoms with Crippen LogP contribution < -0.4 is 0 Å². The Labute approximate surface area is 78.0 Å². The van der Waals surface area contributed by atoms with Gasteiger partial charge in [-0.05, 0) is 18.9 Å². The molecule has 0 unspecified atom stereocenters. The van der Waals surface area contributed by atoms with Crippen molar-refractivity contribution < 1.29 is 14.3 Å². The van der Waals surface area contributed by atoms with Crippen molar-refractivity contribution in [2.45, 2.75) is 19.3 Å². The van der Waals surface area contributed by atoms with Gasteiger partial charge in [-0.2, -0.15) is 0 Å². The normalized spacial score (nSPS) is 14.9. The lowest BCUT2D eigenvalue weighted by Crippen LogP contribution is -2.07. The van der Waals surface area contributed by atoms with Gasteiger partial charge in [-0.15, -0.1) is 0 Å². The molecule has 0 aromatic carbocycles. The summed E-state index contributed by atoms with van der Waals surface area (Å²) in [5, 5.41) is 0. The Morgan fingerprint density at radius 3 is 3.08 bits per heavy atom. The lowest BCUT2D eigenvalue weighted by atomic mass is 10.4. The minimum Gasteiger partial charge on any atom is -0.495 e. The number of ether oxygens (including phenoxy) is 2. The molecule has 3 nitrogen and oxygen atoms in total. The van der Waals surface area contributed by atoms with Gasteiger partial charge in [-0.3, -0.25) is 0 Å². The number of hydrogen-bond donors (Lipinski definition) is 0. The average molecular weight is 182 g/mol. The summed E-state index contributed by atoms with van der Waals surface area (Å²) in [6.07, 6.45) is 6.50. The molecule has 0 bridgehead atoms. The minimum atomic E-state index is -0.399. The van der Waals surface area contributed by atoms with E-state index in [1.807, 2.05) is 0 Å². The van der Waals surface area contributed by atoms with Crippen LogP contribution in [0.15, 0.2) is 24.5 Å². The standard InChI is InChI=1S/C10H14O3/c1-2-10(11)13-8-7-12-9-5-3-4-6-9/h2,5H,1,3-4,6-8H2. The molecule has 0 aliphatic heterocycles. The van der Waals surface area contributed by atoms with E-state index in [2.05, 4.69) is 12.7 Å². The fraction of sp³-hybridized carbons (Fsp3) is 0.500. The monoisotopic (exact) mass is 182 g/mol. The Morgan fingerprint density at radius 2 is 2.46 bits per heavy atom. The van der Waals surface area contributed by atoms with Crippen LogP contribution in [0.2, 0.25) is 0 Å². The second-order valence-corrected chi connectivity index (χ2v) is 2.78. The summed E-state index contributed by atoms with van der Waals surface area (Å²) in [5.74, 6) is 0.624. The summed E-state index contributed by atoms with van der Waals surface area (Å²) in [6, 6.07) is 0. The van der Waals surface area contributed by atoms with Gasteiger partial charge < -0.3 is 9.47 Å². The van der Waals surface area contributed by atoms with Gasteiger partial charge >= 0.3 is 5.97 Å². The number of allylic oxidation sites excluding steroid dienone is 2. The fourth-order valence-electron chi connectivity index (χ4n) is 1.15. The van der Waals surface area contributed by atoms with E-state index in [4.69, 9.17) is 9.47 Å². The molecule has 72 valence electrons. The van der Waals surface area contributed by atoms with Gasteiger partial charge in [0, 0.05) is 12.5 Å². The van der Waals surface area contributed by atoms with Crippen LogP contribution in [0.5, 0.6) is 0 Å². The molecule has 1 aliphatic carbocycles. The van der Waals surface area contributed by atoms with Crippen LogP contribution in [0.3, 0.4) is 0 Å². The zero-order chi connectivity index (χ0) is 9.52. The van der Waals surface area contributed by atoms with Gasteiger partial charge in [0.05, 0.1) is 5.76 Å². The maximum atomic E-state index is 10.6. The number of carbonyl (C=O) groups excluding carboxylic acids is 1. The number of carbonyl (C=O) groups is 1. The first-order chi connectivity index (χ1) is 6.33. The molecule has 0 heterocycles. The molecule has 0 spiro atoms. The van der Waals surface area contributed by atoms with Crippen molar-refractivity contribution in [3.8, 4) is 0 Å². The molecule has 0 N–H and O–H groups in total. The first-order valence-corrected chi connectivity index (χ1v) is 4.44. The summed E-state index contributed by atoms with van der Waals surface area (Å²) >= 11 is 0. The third-order valence-corrected chi connectivity index (χ3v) is 1.78. The molecular weight excluding hydrogens is 168 g/mol. The van der Waals surface area contributed by atoms with E-state index in [0.29, 0.717) is 13.2 Å². The maximum absolute atomic E-state index is 10.6. The smallest absolute Gasteiger partial charge is 0.330 e. The molecule has 0 fully saturated rings. The predicted octanol–water partition coefficient (Wildman–Crippen LogP) is 1.80. The molecule has 0 amide bonds. The number of rotatable bonds is 5. The summed E-state index contributed by atoms with van der Waals surface area (Å²) in [6.45, 7) is 4.02. The van der Waals surface area contributed by atoms with Crippen LogP contribution in [0.4, 0.5) is 0 Å². The zero-order valence-corrected chi connectivity index (χ0v) is 7.62. The van der Waals surface area contributed by atoms with E-state index in [9.17, 15) is 4.79 Å². The van der Waals surface area contributed by atoms with Gasteiger partial charge in [0.1, 0.15) is 13.2 Å². The first kappa shape index (κ1) is 9.84. The Bertz CT molecular complexity index is 218. The average Bonchev–Trinajstić information content (AvgIpc) is 2.64. The summed E-state index contributed by atoms with van der Waals surface area (Å²) in [5.41, 5.74) is 0. The van der Waals surface area contributed by atoms with Crippen molar-refractivity contribution in [2.24, 2.45) is 0 Å². The van der Waals surface area contributed by atoms with Crippen molar-refractivity contribution in [3.63, 3.8) is 0 Å². The van der Waals surface area contributed by atoms with Crippen LogP contribution >= 0.6 is 0 Å². The Hall–Kier alpha value is -1.25. The van der Waals surface area contributed by atoms with E-state index in [1.54, 1.807) is 0 Å². The van der Waals surface area contributed by atoms with Crippen molar-refractivity contribution in [1.29, 1.82) is 0 Å². The second-order valence-electron chi connectivity index (χ2n) is 2.78. The Balaban J connectivity index is 2.00. The van der Waals surface area contributed by atoms with E-state index >= 15 is 0 Å². The molecule has 1 aliphatic rings. The largest absolute Gasteiger partial charge is 0.495 e. The summed E-state index contributed by atoms with van der Waals surface area (Å²) < 4.78 is 10.1. The van der Waals surface area contributed by atoms with Crippen molar-refractivity contribution >= 4 is 5.97 Å². The topological polar surface area (TPSA) is 35.5 Å². The van der Waals surface area contributed by atoms with Crippen LogP contribution in [0.1, 0.15) is 19.3 Å². The van der Waals surface area contributed by atoms with E-state index in [0.717, 1.165) is 24.7 Å². The molecule has 13 heavy (non-hydrogen) atoms. The Kier molecular flexibility index (Phi) is 4.09. The highest BCUT2D eigenvalue weighted by Gasteiger charge is 2.04. The highest BCUT2D eigenvalue weighted by Crippen LogP contribution is 2.17. The van der Waals surface area contributed by atoms with E-state index in [1.165, 1.54) is 6.42 Å². The van der Waals surface area contributed by atoms with E-state index < -0.39 is 5.97 Å². The third kappa shape index (κ3) is 3.78. The molecule has 0 aromatic heterocycles. The van der Waals surface area contributed by atoms with Crippen LogP contribution in [0, 0.1) is 0 Å². The molecule has 3 heteroatoms. The highest BCUT2D eigenvalue weighted by molar-refractivity contribution is 5.81. The number of hydrogen-bond acceptors (Lipinski definition) is 3. The third-order valence-electron chi connectivity index (χ3n) is 1.78. The van der Waals surface area contributed by atoms with Gasteiger partial charge in [0.25, 0.3) is 0 Å². The van der Waals surface area contributed by atoms with Crippen LogP contribution in [0.25, 0.3) is 0 Å². The highest BCUT2D eigenvalue weighted by atomic mass is 16.6. The molecule has 0 saturated heterocycles. The second kappa shape index (κ2) is 5.41. The van der Waals surface area contributed by atoms with Crippen LogP contribution in [-0.2, 0) is 14.3 Å². The minimum absolute atomic E-state index is 0.294. The van der Waals surface area contributed by atoms with Gasteiger partial charge in [-0.1, -0.05) is 6.58 Å².